The molecule has 0 aromatic rings. The van der Waals surface area contributed by atoms with E-state index in [2.05, 4.69) is 18.7 Å². The van der Waals surface area contributed by atoms with Crippen molar-refractivity contribution < 1.29 is 5.11 Å². The van der Waals surface area contributed by atoms with E-state index in [1.807, 2.05) is 6.92 Å². The maximum absolute atomic E-state index is 9.27. The molecule has 12 heavy (non-hydrogen) atoms. The summed E-state index contributed by atoms with van der Waals surface area (Å²) >= 11 is 0. The fourth-order valence-electron chi connectivity index (χ4n) is 1.97. The van der Waals surface area contributed by atoms with Crippen LogP contribution in [-0.2, 0) is 0 Å². The molecule has 0 aromatic heterocycles. The van der Waals surface area contributed by atoms with Crippen LogP contribution in [0.2, 0.25) is 0 Å². The van der Waals surface area contributed by atoms with Crippen LogP contribution in [0, 0.1) is 5.92 Å². The number of β-amino-alcohol motifs (C(OH)–C–C–N with tert-alkyl or cyclic N) is 1. The van der Waals surface area contributed by atoms with Crippen molar-refractivity contribution in [3.63, 3.8) is 0 Å². The largest absolute Gasteiger partial charge is 0.392 e. The molecule has 1 heterocycles. The fourth-order valence-corrected chi connectivity index (χ4v) is 1.97. The summed E-state index contributed by atoms with van der Waals surface area (Å²) in [6.45, 7) is 8.42. The van der Waals surface area contributed by atoms with E-state index in [4.69, 9.17) is 0 Å². The highest BCUT2D eigenvalue weighted by Crippen LogP contribution is 2.21. The van der Waals surface area contributed by atoms with Crippen molar-refractivity contribution in [1.29, 1.82) is 0 Å². The Kier molecular flexibility index (Phi) is 3.53. The topological polar surface area (TPSA) is 23.5 Å². The number of aliphatic hydroxyl groups is 1. The van der Waals surface area contributed by atoms with Crippen LogP contribution in [0.15, 0.2) is 0 Å². The Morgan fingerprint density at radius 3 is 2.67 bits per heavy atom. The number of piperidine rings is 1. The highest BCUT2D eigenvalue weighted by molar-refractivity contribution is 4.77. The first-order chi connectivity index (χ1) is 5.59. The molecule has 72 valence electrons. The lowest BCUT2D eigenvalue weighted by Crippen LogP contribution is -2.44. The molecule has 0 saturated carbocycles. The van der Waals surface area contributed by atoms with Crippen LogP contribution in [0.5, 0.6) is 0 Å². The van der Waals surface area contributed by atoms with Gasteiger partial charge in [-0.25, -0.2) is 0 Å². The van der Waals surface area contributed by atoms with Crippen molar-refractivity contribution in [3.05, 3.63) is 0 Å². The molecule has 2 heteroatoms. The third-order valence-corrected chi connectivity index (χ3v) is 2.75. The molecule has 1 fully saturated rings. The predicted molar refractivity (Wildman–Crippen MR) is 51.1 cm³/mol. The molecule has 0 spiro atoms. The Bertz CT molecular complexity index is 134. The molecule has 1 saturated heterocycles. The average molecular weight is 171 g/mol. The molecule has 1 rings (SSSR count). The summed E-state index contributed by atoms with van der Waals surface area (Å²) in [5, 5.41) is 9.27. The van der Waals surface area contributed by atoms with Crippen LogP contribution >= 0.6 is 0 Å². The highest BCUT2D eigenvalue weighted by Gasteiger charge is 2.23. The zero-order valence-corrected chi connectivity index (χ0v) is 8.45. The highest BCUT2D eigenvalue weighted by atomic mass is 16.3. The van der Waals surface area contributed by atoms with Crippen molar-refractivity contribution in [1.82, 2.24) is 4.90 Å². The minimum atomic E-state index is -0.183. The molecule has 0 amide bonds. The predicted octanol–water partition coefficient (Wildman–Crippen LogP) is 1.49. The van der Waals surface area contributed by atoms with Gasteiger partial charge in [0, 0.05) is 19.1 Å². The molecule has 3 atom stereocenters. The fraction of sp³-hybridized carbons (Fsp3) is 1.00. The summed E-state index contributed by atoms with van der Waals surface area (Å²) in [6.07, 6.45) is 2.45. The smallest absolute Gasteiger partial charge is 0.0639 e. The summed E-state index contributed by atoms with van der Waals surface area (Å²) in [7, 11) is 0. The summed E-state index contributed by atoms with van der Waals surface area (Å²) in [6, 6.07) is 0.663. The van der Waals surface area contributed by atoms with Crippen molar-refractivity contribution >= 4 is 0 Å². The first kappa shape index (κ1) is 10.0. The summed E-state index contributed by atoms with van der Waals surface area (Å²) in [5.74, 6) is 0.806. The first-order valence-electron chi connectivity index (χ1n) is 5.01. The lowest BCUT2D eigenvalue weighted by molar-refractivity contribution is 0.0653. The van der Waals surface area contributed by atoms with Gasteiger partial charge in [-0.2, -0.15) is 0 Å². The number of hydrogen-bond acceptors (Lipinski definition) is 2. The number of likely N-dealkylation sites (tertiary alicyclic amines) is 1. The molecule has 1 N–H and O–H groups in total. The van der Waals surface area contributed by atoms with Gasteiger partial charge in [0.15, 0.2) is 0 Å². The first-order valence-corrected chi connectivity index (χ1v) is 5.01. The van der Waals surface area contributed by atoms with Gasteiger partial charge in [-0.15, -0.1) is 0 Å². The maximum Gasteiger partial charge on any atom is 0.0639 e. The van der Waals surface area contributed by atoms with Gasteiger partial charge in [-0.3, -0.25) is 4.90 Å². The van der Waals surface area contributed by atoms with Crippen LogP contribution < -0.4 is 0 Å². The minimum absolute atomic E-state index is 0.183. The van der Waals surface area contributed by atoms with Crippen LogP contribution in [0.25, 0.3) is 0 Å². The van der Waals surface area contributed by atoms with Gasteiger partial charge in [0.25, 0.3) is 0 Å². The third-order valence-electron chi connectivity index (χ3n) is 2.75. The molecular weight excluding hydrogens is 150 g/mol. The van der Waals surface area contributed by atoms with Crippen molar-refractivity contribution in [2.45, 2.75) is 45.8 Å². The summed E-state index contributed by atoms with van der Waals surface area (Å²) in [4.78, 5) is 2.40. The van der Waals surface area contributed by atoms with Crippen LogP contribution in [0.4, 0.5) is 0 Å². The normalized spacial score (nSPS) is 35.0. The molecule has 0 radical (unpaired) electrons. The number of nitrogens with zero attached hydrogens (tertiary/aromatic N) is 1. The van der Waals surface area contributed by atoms with Gasteiger partial charge in [-0.05, 0) is 32.6 Å². The molecule has 0 aromatic carbocycles. The van der Waals surface area contributed by atoms with E-state index in [9.17, 15) is 5.11 Å². The Labute approximate surface area is 75.6 Å². The molecule has 1 aliphatic rings. The van der Waals surface area contributed by atoms with E-state index in [0.29, 0.717) is 6.04 Å². The SMILES string of the molecule is CC(O)CN1CC(C)CCC1C. The van der Waals surface area contributed by atoms with Gasteiger partial charge in [0.2, 0.25) is 0 Å². The molecule has 0 aliphatic carbocycles. The second kappa shape index (κ2) is 4.24. The van der Waals surface area contributed by atoms with Gasteiger partial charge in [0.1, 0.15) is 0 Å². The molecular formula is C10H21NO. The Morgan fingerprint density at radius 1 is 1.42 bits per heavy atom. The lowest BCUT2D eigenvalue weighted by atomic mass is 9.95. The quantitative estimate of drug-likeness (QED) is 0.680. The van der Waals surface area contributed by atoms with E-state index in [1.54, 1.807) is 0 Å². The van der Waals surface area contributed by atoms with Crippen LogP contribution in [0.1, 0.15) is 33.6 Å². The van der Waals surface area contributed by atoms with Gasteiger partial charge in [0.05, 0.1) is 6.10 Å². The summed E-state index contributed by atoms with van der Waals surface area (Å²) in [5.41, 5.74) is 0. The Balaban J connectivity index is 2.38. The van der Waals surface area contributed by atoms with Crippen LogP contribution in [-0.4, -0.2) is 35.2 Å². The van der Waals surface area contributed by atoms with E-state index >= 15 is 0 Å². The van der Waals surface area contributed by atoms with Crippen molar-refractivity contribution in [2.75, 3.05) is 13.1 Å². The monoisotopic (exact) mass is 171 g/mol. The van der Waals surface area contributed by atoms with E-state index < -0.39 is 0 Å². The number of hydrogen-bond donors (Lipinski definition) is 1. The van der Waals surface area contributed by atoms with Crippen molar-refractivity contribution in [3.8, 4) is 0 Å². The summed E-state index contributed by atoms with van der Waals surface area (Å²) < 4.78 is 0. The maximum atomic E-state index is 9.27. The zero-order chi connectivity index (χ0) is 9.14. The minimum Gasteiger partial charge on any atom is -0.392 e. The lowest BCUT2D eigenvalue weighted by Gasteiger charge is -2.37. The van der Waals surface area contributed by atoms with Gasteiger partial charge >= 0.3 is 0 Å². The zero-order valence-electron chi connectivity index (χ0n) is 8.45. The van der Waals surface area contributed by atoms with E-state index in [-0.39, 0.29) is 6.10 Å². The second-order valence-corrected chi connectivity index (χ2v) is 4.33. The standard InChI is InChI=1S/C10H21NO/c1-8-4-5-9(2)11(6-8)7-10(3)12/h8-10,12H,4-7H2,1-3H3. The van der Waals surface area contributed by atoms with Crippen LogP contribution in [0.3, 0.4) is 0 Å². The number of rotatable bonds is 2. The second-order valence-electron chi connectivity index (χ2n) is 4.33. The molecule has 3 unspecified atom stereocenters. The number of aliphatic hydroxyl groups excluding tert-OH is 1. The average Bonchev–Trinajstić information content (AvgIpc) is 1.96. The van der Waals surface area contributed by atoms with Gasteiger partial charge in [-0.1, -0.05) is 6.92 Å². The Morgan fingerprint density at radius 2 is 2.08 bits per heavy atom. The Hall–Kier alpha value is -0.0800. The van der Waals surface area contributed by atoms with E-state index in [0.717, 1.165) is 19.0 Å². The van der Waals surface area contributed by atoms with Crippen molar-refractivity contribution in [2.24, 2.45) is 5.92 Å². The van der Waals surface area contributed by atoms with Gasteiger partial charge < -0.3 is 5.11 Å². The molecule has 2 nitrogen and oxygen atoms in total. The van der Waals surface area contributed by atoms with E-state index in [1.165, 1.54) is 12.8 Å². The molecule has 1 aliphatic heterocycles. The third kappa shape index (κ3) is 2.76. The molecule has 0 bridgehead atoms.